The second-order valence-electron chi connectivity index (χ2n) is 3.34. The van der Waals surface area contributed by atoms with Crippen molar-refractivity contribution in [3.8, 4) is 5.75 Å². The number of hydrogen-bond donors (Lipinski definition) is 2. The first kappa shape index (κ1) is 13.8. The standard InChI is InChI=1S/C13H11NO2.C2H6/c15-12-9-5-4-8-11(12)14-13(16)10-6-2-1-3-7-10;1-2/h1-9,15H,(H,14,16);1-2H3. The second kappa shape index (κ2) is 7.12. The van der Waals surface area contributed by atoms with Crippen LogP contribution in [0.3, 0.4) is 0 Å². The highest BCUT2D eigenvalue weighted by atomic mass is 16.3. The molecule has 2 N–H and O–H groups in total. The minimum absolute atomic E-state index is 0.0618. The molecular formula is C15H17NO2. The fourth-order valence-corrected chi connectivity index (χ4v) is 1.36. The molecule has 0 saturated heterocycles. The van der Waals surface area contributed by atoms with Gasteiger partial charge >= 0.3 is 0 Å². The van der Waals surface area contributed by atoms with Crippen molar-refractivity contribution >= 4 is 11.6 Å². The summed E-state index contributed by atoms with van der Waals surface area (Å²) in [4.78, 5) is 11.7. The summed E-state index contributed by atoms with van der Waals surface area (Å²) in [7, 11) is 0. The van der Waals surface area contributed by atoms with E-state index in [1.165, 1.54) is 6.07 Å². The van der Waals surface area contributed by atoms with Gasteiger partial charge in [-0.25, -0.2) is 0 Å². The van der Waals surface area contributed by atoms with Gasteiger partial charge in [-0.15, -0.1) is 0 Å². The fraction of sp³-hybridized carbons (Fsp3) is 0.133. The van der Waals surface area contributed by atoms with Gasteiger partial charge in [-0.05, 0) is 24.3 Å². The van der Waals surface area contributed by atoms with Gasteiger partial charge < -0.3 is 10.4 Å². The van der Waals surface area contributed by atoms with Crippen LogP contribution >= 0.6 is 0 Å². The molecule has 94 valence electrons. The van der Waals surface area contributed by atoms with Crippen LogP contribution in [0.1, 0.15) is 24.2 Å². The molecule has 0 aliphatic heterocycles. The summed E-state index contributed by atoms with van der Waals surface area (Å²) in [6, 6.07) is 15.5. The number of aromatic hydroxyl groups is 1. The molecule has 3 heteroatoms. The van der Waals surface area contributed by atoms with E-state index in [9.17, 15) is 9.90 Å². The molecule has 2 rings (SSSR count). The monoisotopic (exact) mass is 243 g/mol. The SMILES string of the molecule is CC.O=C(Nc1ccccc1O)c1ccccc1. The van der Waals surface area contributed by atoms with Gasteiger partial charge in [0.05, 0.1) is 5.69 Å². The number of nitrogens with one attached hydrogen (secondary N) is 1. The molecule has 0 saturated carbocycles. The predicted octanol–water partition coefficient (Wildman–Crippen LogP) is 3.67. The van der Waals surface area contributed by atoms with E-state index < -0.39 is 0 Å². The minimum Gasteiger partial charge on any atom is -0.506 e. The molecule has 0 bridgehead atoms. The predicted molar refractivity (Wildman–Crippen MR) is 73.9 cm³/mol. The van der Waals surface area contributed by atoms with Crippen molar-refractivity contribution in [2.24, 2.45) is 0 Å². The van der Waals surface area contributed by atoms with Gasteiger partial charge in [0.1, 0.15) is 5.75 Å². The Kier molecular flexibility index (Phi) is 5.45. The lowest BCUT2D eigenvalue weighted by molar-refractivity contribution is 0.102. The smallest absolute Gasteiger partial charge is 0.255 e. The number of hydrogen-bond acceptors (Lipinski definition) is 2. The van der Waals surface area contributed by atoms with Crippen molar-refractivity contribution in [3.63, 3.8) is 0 Å². The lowest BCUT2D eigenvalue weighted by Crippen LogP contribution is -2.11. The van der Waals surface area contributed by atoms with Crippen molar-refractivity contribution < 1.29 is 9.90 Å². The molecule has 0 spiro atoms. The summed E-state index contributed by atoms with van der Waals surface area (Å²) in [5.41, 5.74) is 0.974. The third kappa shape index (κ3) is 3.63. The van der Waals surface area contributed by atoms with Gasteiger partial charge in [0.2, 0.25) is 0 Å². The van der Waals surface area contributed by atoms with Crippen LogP contribution in [0.25, 0.3) is 0 Å². The number of anilines is 1. The van der Waals surface area contributed by atoms with E-state index in [4.69, 9.17) is 0 Å². The number of phenolic OH excluding ortho intramolecular Hbond substituents is 1. The summed E-state index contributed by atoms with van der Waals surface area (Å²) >= 11 is 0. The molecule has 0 unspecified atom stereocenters. The van der Waals surface area contributed by atoms with E-state index in [1.54, 1.807) is 42.5 Å². The van der Waals surface area contributed by atoms with Gasteiger partial charge in [0.15, 0.2) is 0 Å². The topological polar surface area (TPSA) is 49.3 Å². The van der Waals surface area contributed by atoms with E-state index in [0.29, 0.717) is 11.3 Å². The van der Waals surface area contributed by atoms with E-state index in [0.717, 1.165) is 0 Å². The number of carbonyl (C=O) groups is 1. The molecule has 0 radical (unpaired) electrons. The molecule has 0 atom stereocenters. The van der Waals surface area contributed by atoms with E-state index in [2.05, 4.69) is 5.32 Å². The molecule has 0 aromatic heterocycles. The third-order valence-corrected chi connectivity index (χ3v) is 2.19. The number of benzene rings is 2. The molecule has 1 amide bonds. The van der Waals surface area contributed by atoms with Crippen LogP contribution in [0, 0.1) is 0 Å². The molecule has 0 fully saturated rings. The Morgan fingerprint density at radius 1 is 0.944 bits per heavy atom. The first-order valence-electron chi connectivity index (χ1n) is 5.92. The zero-order chi connectivity index (χ0) is 13.4. The zero-order valence-corrected chi connectivity index (χ0v) is 10.6. The van der Waals surface area contributed by atoms with Crippen LogP contribution in [0.5, 0.6) is 5.75 Å². The zero-order valence-electron chi connectivity index (χ0n) is 10.6. The van der Waals surface area contributed by atoms with Crippen molar-refractivity contribution in [1.29, 1.82) is 0 Å². The normalized spacial score (nSPS) is 9.00. The average molecular weight is 243 g/mol. The Labute approximate surface area is 107 Å². The Morgan fingerprint density at radius 3 is 2.11 bits per heavy atom. The summed E-state index contributed by atoms with van der Waals surface area (Å²) in [6.07, 6.45) is 0. The maximum atomic E-state index is 11.7. The molecule has 0 heterocycles. The van der Waals surface area contributed by atoms with Gasteiger partial charge in [0, 0.05) is 5.56 Å². The highest BCUT2D eigenvalue weighted by Crippen LogP contribution is 2.21. The van der Waals surface area contributed by atoms with Gasteiger partial charge in [-0.1, -0.05) is 44.2 Å². The van der Waals surface area contributed by atoms with Crippen molar-refractivity contribution in [2.75, 3.05) is 5.32 Å². The van der Waals surface area contributed by atoms with E-state index in [-0.39, 0.29) is 11.7 Å². The van der Waals surface area contributed by atoms with Crippen molar-refractivity contribution in [1.82, 2.24) is 0 Å². The van der Waals surface area contributed by atoms with Gasteiger partial charge in [-0.2, -0.15) is 0 Å². The van der Waals surface area contributed by atoms with Crippen LogP contribution in [0.15, 0.2) is 54.6 Å². The number of rotatable bonds is 2. The Morgan fingerprint density at radius 2 is 1.50 bits per heavy atom. The molecule has 2 aromatic carbocycles. The summed E-state index contributed by atoms with van der Waals surface area (Å²) < 4.78 is 0. The van der Waals surface area contributed by atoms with E-state index >= 15 is 0 Å². The molecule has 2 aromatic rings. The molecular weight excluding hydrogens is 226 g/mol. The molecule has 0 aliphatic carbocycles. The maximum Gasteiger partial charge on any atom is 0.255 e. The minimum atomic E-state index is -0.234. The van der Waals surface area contributed by atoms with Crippen molar-refractivity contribution in [2.45, 2.75) is 13.8 Å². The summed E-state index contributed by atoms with van der Waals surface area (Å²) in [5.74, 6) is -0.172. The van der Waals surface area contributed by atoms with Crippen LogP contribution in [0.4, 0.5) is 5.69 Å². The first-order chi connectivity index (χ1) is 8.77. The van der Waals surface area contributed by atoms with Crippen LogP contribution in [-0.2, 0) is 0 Å². The number of amides is 1. The average Bonchev–Trinajstić information content (AvgIpc) is 2.44. The summed E-state index contributed by atoms with van der Waals surface area (Å²) in [5, 5.41) is 12.1. The van der Waals surface area contributed by atoms with Crippen LogP contribution < -0.4 is 5.32 Å². The highest BCUT2D eigenvalue weighted by molar-refractivity contribution is 6.04. The highest BCUT2D eigenvalue weighted by Gasteiger charge is 2.06. The van der Waals surface area contributed by atoms with Crippen LogP contribution in [0.2, 0.25) is 0 Å². The van der Waals surface area contributed by atoms with Gasteiger partial charge in [-0.3, -0.25) is 4.79 Å². The second-order valence-corrected chi connectivity index (χ2v) is 3.34. The van der Waals surface area contributed by atoms with Gasteiger partial charge in [0.25, 0.3) is 5.91 Å². The lowest BCUT2D eigenvalue weighted by Gasteiger charge is -2.06. The van der Waals surface area contributed by atoms with Crippen molar-refractivity contribution in [3.05, 3.63) is 60.2 Å². The van der Waals surface area contributed by atoms with Crippen LogP contribution in [-0.4, -0.2) is 11.0 Å². The maximum absolute atomic E-state index is 11.7. The molecule has 18 heavy (non-hydrogen) atoms. The molecule has 0 aliphatic rings. The first-order valence-corrected chi connectivity index (χ1v) is 5.92. The molecule has 3 nitrogen and oxygen atoms in total. The Balaban J connectivity index is 0.000000771. The Hall–Kier alpha value is -2.29. The largest absolute Gasteiger partial charge is 0.506 e. The third-order valence-electron chi connectivity index (χ3n) is 2.19. The number of para-hydroxylation sites is 2. The number of carbonyl (C=O) groups excluding carboxylic acids is 1. The quantitative estimate of drug-likeness (QED) is 0.791. The Bertz CT molecular complexity index is 495. The summed E-state index contributed by atoms with van der Waals surface area (Å²) in [6.45, 7) is 4.00. The van der Waals surface area contributed by atoms with E-state index in [1.807, 2.05) is 19.9 Å². The number of phenols is 1. The lowest BCUT2D eigenvalue weighted by atomic mass is 10.2. The fourth-order valence-electron chi connectivity index (χ4n) is 1.36.